The number of hydrogen-bond acceptors (Lipinski definition) is 6. The minimum absolute atomic E-state index is 0.0142. The van der Waals surface area contributed by atoms with Crippen molar-refractivity contribution in [3.63, 3.8) is 0 Å². The Labute approximate surface area is 214 Å². The molecule has 36 heavy (non-hydrogen) atoms. The maximum absolute atomic E-state index is 13.1. The van der Waals surface area contributed by atoms with Crippen molar-refractivity contribution >= 4 is 28.3 Å². The molecule has 194 valence electrons. The molecule has 1 unspecified atom stereocenters. The second-order valence-corrected chi connectivity index (χ2v) is 11.5. The number of hydrogen-bond donors (Lipinski definition) is 2. The molecule has 0 amide bonds. The highest BCUT2D eigenvalue weighted by Crippen LogP contribution is 2.50. The van der Waals surface area contributed by atoms with Crippen LogP contribution in [0.3, 0.4) is 0 Å². The zero-order chi connectivity index (χ0) is 25.3. The van der Waals surface area contributed by atoms with Crippen molar-refractivity contribution in [3.05, 3.63) is 53.5 Å². The Morgan fingerprint density at radius 1 is 1.06 bits per heavy atom. The number of anilines is 2. The molecule has 5 rings (SSSR count). The normalized spacial score (nSPS) is 23.0. The molecule has 2 heterocycles. The van der Waals surface area contributed by atoms with Gasteiger partial charge in [0.2, 0.25) is 5.95 Å². The summed E-state index contributed by atoms with van der Waals surface area (Å²) in [5.41, 5.74) is 0.906. The molecule has 1 aromatic heterocycles. The molecule has 5 nitrogen and oxygen atoms in total. The second kappa shape index (κ2) is 10.2. The molecule has 2 N–H and O–H groups in total. The Hall–Kier alpha value is -2.26. The third kappa shape index (κ3) is 5.52. The fourth-order valence-electron chi connectivity index (χ4n) is 5.73. The van der Waals surface area contributed by atoms with Crippen LogP contribution >= 0.6 is 11.8 Å². The summed E-state index contributed by atoms with van der Waals surface area (Å²) in [6, 6.07) is 7.19. The Morgan fingerprint density at radius 2 is 1.78 bits per heavy atom. The van der Waals surface area contributed by atoms with Crippen molar-refractivity contribution in [2.24, 2.45) is 0 Å². The van der Waals surface area contributed by atoms with E-state index in [1.54, 1.807) is 11.8 Å². The SMILES string of the molecule is Cc1cc(Nc2nccc(C(F)(F)F)n2)cc(C2=CN(C3CCCCC3)C(C3(O)CCCCC3)S2)c1. The van der Waals surface area contributed by atoms with Crippen LogP contribution in [-0.4, -0.2) is 37.0 Å². The van der Waals surface area contributed by atoms with E-state index in [9.17, 15) is 18.3 Å². The molecule has 1 aromatic carbocycles. The van der Waals surface area contributed by atoms with Gasteiger partial charge in [-0.3, -0.25) is 0 Å². The van der Waals surface area contributed by atoms with Crippen LogP contribution in [0.25, 0.3) is 4.91 Å². The van der Waals surface area contributed by atoms with Crippen molar-refractivity contribution in [2.75, 3.05) is 5.32 Å². The topological polar surface area (TPSA) is 61.3 Å². The van der Waals surface area contributed by atoms with Crippen LogP contribution in [0.5, 0.6) is 0 Å². The van der Waals surface area contributed by atoms with Gasteiger partial charge in [-0.2, -0.15) is 13.2 Å². The summed E-state index contributed by atoms with van der Waals surface area (Å²) in [4.78, 5) is 11.1. The first-order chi connectivity index (χ1) is 17.2. The van der Waals surface area contributed by atoms with E-state index in [0.29, 0.717) is 11.7 Å². The number of aliphatic hydroxyl groups is 1. The number of halogens is 3. The van der Waals surface area contributed by atoms with Gasteiger partial charge in [0.05, 0.1) is 5.60 Å². The first kappa shape index (κ1) is 25.4. The van der Waals surface area contributed by atoms with Crippen LogP contribution in [0.15, 0.2) is 36.7 Å². The number of thioether (sulfide) groups is 1. The van der Waals surface area contributed by atoms with Gasteiger partial charge in [-0.15, -0.1) is 0 Å². The fourth-order valence-corrected chi connectivity index (χ4v) is 7.22. The number of rotatable bonds is 5. The minimum atomic E-state index is -4.53. The molecule has 2 fully saturated rings. The standard InChI is InChI=1S/C27H33F3N4OS/c1-18-14-19(16-20(15-18)32-25-31-13-10-23(33-25)27(28,29)30)22-17-34(21-8-4-2-5-9-21)24(36-22)26(35)11-6-3-7-12-26/h10,13-17,21,24,35H,2-9,11-12H2,1H3,(H,31,32,33). The number of nitrogens with zero attached hydrogens (tertiary/aromatic N) is 3. The number of nitrogens with one attached hydrogen (secondary N) is 1. The molecule has 0 bridgehead atoms. The van der Waals surface area contributed by atoms with Gasteiger partial charge in [-0.1, -0.05) is 56.4 Å². The van der Waals surface area contributed by atoms with Crippen LogP contribution in [0.4, 0.5) is 24.8 Å². The third-order valence-corrected chi connectivity index (χ3v) is 9.02. The Morgan fingerprint density at radius 3 is 2.50 bits per heavy atom. The van der Waals surface area contributed by atoms with E-state index in [1.807, 2.05) is 19.1 Å². The van der Waals surface area contributed by atoms with Crippen LogP contribution in [-0.2, 0) is 6.18 Å². The molecule has 1 atom stereocenters. The summed E-state index contributed by atoms with van der Waals surface area (Å²) in [7, 11) is 0. The quantitative estimate of drug-likeness (QED) is 0.435. The smallest absolute Gasteiger partial charge is 0.387 e. The highest BCUT2D eigenvalue weighted by atomic mass is 32.2. The Kier molecular flexibility index (Phi) is 7.23. The predicted octanol–water partition coefficient (Wildman–Crippen LogP) is 7.25. The average molecular weight is 519 g/mol. The summed E-state index contributed by atoms with van der Waals surface area (Å²) in [6.07, 6.45) is 9.72. The largest absolute Gasteiger partial charge is 0.433 e. The summed E-state index contributed by atoms with van der Waals surface area (Å²) in [6.45, 7) is 1.97. The van der Waals surface area contributed by atoms with Crippen LogP contribution in [0.1, 0.15) is 81.0 Å². The number of benzene rings is 1. The lowest BCUT2D eigenvalue weighted by molar-refractivity contribution is -0.141. The lowest BCUT2D eigenvalue weighted by Crippen LogP contribution is -2.51. The van der Waals surface area contributed by atoms with E-state index in [2.05, 4.69) is 32.5 Å². The summed E-state index contributed by atoms with van der Waals surface area (Å²) in [5.74, 6) is -0.0901. The molecular weight excluding hydrogens is 485 g/mol. The molecule has 0 spiro atoms. The highest BCUT2D eigenvalue weighted by Gasteiger charge is 2.46. The van der Waals surface area contributed by atoms with Gasteiger partial charge in [0, 0.05) is 29.0 Å². The molecule has 2 saturated carbocycles. The molecule has 2 aromatic rings. The van der Waals surface area contributed by atoms with Gasteiger partial charge >= 0.3 is 6.18 Å². The van der Waals surface area contributed by atoms with Crippen molar-refractivity contribution in [3.8, 4) is 0 Å². The van der Waals surface area contributed by atoms with E-state index >= 15 is 0 Å². The monoisotopic (exact) mass is 518 g/mol. The predicted molar refractivity (Wildman–Crippen MR) is 138 cm³/mol. The molecule has 3 aliphatic rings. The molecule has 0 saturated heterocycles. The number of alkyl halides is 3. The van der Waals surface area contributed by atoms with E-state index < -0.39 is 17.5 Å². The third-order valence-electron chi connectivity index (χ3n) is 7.52. The first-order valence-corrected chi connectivity index (χ1v) is 13.8. The lowest BCUT2D eigenvalue weighted by atomic mass is 9.83. The van der Waals surface area contributed by atoms with Crippen LogP contribution in [0.2, 0.25) is 0 Å². The second-order valence-electron chi connectivity index (χ2n) is 10.3. The summed E-state index contributed by atoms with van der Waals surface area (Å²) < 4.78 is 39.3. The molecule has 9 heteroatoms. The maximum Gasteiger partial charge on any atom is 0.433 e. The van der Waals surface area contributed by atoms with Gasteiger partial charge in [0.25, 0.3) is 0 Å². The number of aryl methyl sites for hydroxylation is 1. The van der Waals surface area contributed by atoms with Crippen LogP contribution in [0, 0.1) is 6.92 Å². The Bertz CT molecular complexity index is 1110. The van der Waals surface area contributed by atoms with E-state index in [-0.39, 0.29) is 11.3 Å². The maximum atomic E-state index is 13.1. The van der Waals surface area contributed by atoms with Gasteiger partial charge in [-0.05, 0) is 61.9 Å². The zero-order valence-electron chi connectivity index (χ0n) is 20.5. The van der Waals surface area contributed by atoms with Crippen molar-refractivity contribution < 1.29 is 18.3 Å². The zero-order valence-corrected chi connectivity index (χ0v) is 21.3. The number of aromatic nitrogens is 2. The average Bonchev–Trinajstić information content (AvgIpc) is 3.31. The van der Waals surface area contributed by atoms with Crippen LogP contribution < -0.4 is 5.32 Å². The summed E-state index contributed by atoms with van der Waals surface area (Å²) in [5, 5.41) is 14.7. The highest BCUT2D eigenvalue weighted by molar-refractivity contribution is 8.09. The lowest BCUT2D eigenvalue weighted by Gasteiger charge is -2.45. The minimum Gasteiger partial charge on any atom is -0.387 e. The molecule has 2 aliphatic carbocycles. The first-order valence-electron chi connectivity index (χ1n) is 12.9. The van der Waals surface area contributed by atoms with Gasteiger partial charge in [0.15, 0.2) is 0 Å². The van der Waals surface area contributed by atoms with Crippen molar-refractivity contribution in [2.45, 2.75) is 94.3 Å². The Balaban J connectivity index is 1.43. The van der Waals surface area contributed by atoms with Gasteiger partial charge in [-0.25, -0.2) is 9.97 Å². The molecule has 0 radical (unpaired) electrons. The van der Waals surface area contributed by atoms with Gasteiger partial charge in [0.1, 0.15) is 11.1 Å². The summed E-state index contributed by atoms with van der Waals surface area (Å²) >= 11 is 1.73. The van der Waals surface area contributed by atoms with E-state index in [4.69, 9.17) is 0 Å². The van der Waals surface area contributed by atoms with Crippen molar-refractivity contribution in [1.82, 2.24) is 14.9 Å². The van der Waals surface area contributed by atoms with Gasteiger partial charge < -0.3 is 15.3 Å². The molecular formula is C27H33F3N4OS. The van der Waals surface area contributed by atoms with E-state index in [1.165, 1.54) is 25.7 Å². The fraction of sp³-hybridized carbons (Fsp3) is 0.556. The van der Waals surface area contributed by atoms with Crippen molar-refractivity contribution in [1.29, 1.82) is 0 Å². The van der Waals surface area contributed by atoms with E-state index in [0.717, 1.165) is 66.8 Å². The molecule has 1 aliphatic heterocycles.